The fourth-order valence-corrected chi connectivity index (χ4v) is 6.97. The molecule has 4 heteroatoms. The lowest BCUT2D eigenvalue weighted by Gasteiger charge is -2.18. The smallest absolute Gasteiger partial charge is 0.196 e. The Balaban J connectivity index is 0.000000156. The third-order valence-corrected chi connectivity index (χ3v) is 8.79. The molecule has 0 amide bonds. The minimum absolute atomic E-state index is 0.139. The van der Waals surface area contributed by atoms with E-state index in [9.17, 15) is 9.59 Å². The van der Waals surface area contributed by atoms with Gasteiger partial charge in [0.15, 0.2) is 10.9 Å². The van der Waals surface area contributed by atoms with Gasteiger partial charge in [0.05, 0.1) is 0 Å². The van der Waals surface area contributed by atoms with E-state index in [1.807, 2.05) is 72.8 Å². The molecule has 0 aliphatic heterocycles. The van der Waals surface area contributed by atoms with E-state index in [4.69, 9.17) is 0 Å². The van der Waals surface area contributed by atoms with Crippen LogP contribution in [0.5, 0.6) is 0 Å². The van der Waals surface area contributed by atoms with Crippen molar-refractivity contribution in [1.29, 1.82) is 0 Å². The van der Waals surface area contributed by atoms with Crippen molar-refractivity contribution in [2.45, 2.75) is 39.5 Å². The summed E-state index contributed by atoms with van der Waals surface area (Å²) in [4.78, 5) is 25.1. The van der Waals surface area contributed by atoms with Crippen molar-refractivity contribution in [3.05, 3.63) is 117 Å². The Hall–Kier alpha value is -3.34. The van der Waals surface area contributed by atoms with Gasteiger partial charge in [0, 0.05) is 40.3 Å². The van der Waals surface area contributed by atoms with Crippen molar-refractivity contribution < 1.29 is 0 Å². The molecule has 0 aliphatic carbocycles. The quantitative estimate of drug-likeness (QED) is 0.219. The van der Waals surface area contributed by atoms with Gasteiger partial charge in [0.1, 0.15) is 0 Å². The molecule has 6 rings (SSSR count). The molecule has 0 bridgehead atoms. The van der Waals surface area contributed by atoms with E-state index < -0.39 is 0 Å². The molecule has 0 N–H and O–H groups in total. The minimum atomic E-state index is 0.139. The van der Waals surface area contributed by atoms with Crippen molar-refractivity contribution in [3.63, 3.8) is 0 Å². The first-order valence-electron chi connectivity index (χ1n) is 12.3. The highest BCUT2D eigenvalue weighted by molar-refractivity contribution is 7.24. The molecule has 0 atom stereocenters. The normalized spacial score (nSPS) is 11.5. The number of hydrogen-bond acceptors (Lipinski definition) is 4. The fourth-order valence-electron chi connectivity index (χ4n) is 4.81. The van der Waals surface area contributed by atoms with E-state index in [1.165, 1.54) is 11.1 Å². The predicted molar refractivity (Wildman–Crippen MR) is 159 cm³/mol. The summed E-state index contributed by atoms with van der Waals surface area (Å²) in [6, 6.07) is 27.8. The summed E-state index contributed by atoms with van der Waals surface area (Å²) in [5, 5.41) is 3.42. The number of hydrogen-bond donors (Lipinski definition) is 0. The zero-order chi connectivity index (χ0) is 25.4. The zero-order valence-electron chi connectivity index (χ0n) is 20.9. The highest BCUT2D eigenvalue weighted by Crippen LogP contribution is 2.35. The van der Waals surface area contributed by atoms with Crippen molar-refractivity contribution in [3.8, 4) is 0 Å². The molecule has 0 radical (unpaired) electrons. The van der Waals surface area contributed by atoms with Crippen LogP contribution in [0.1, 0.15) is 50.7 Å². The molecule has 0 unspecified atom stereocenters. The van der Waals surface area contributed by atoms with Crippen LogP contribution in [0.2, 0.25) is 0 Å². The third kappa shape index (κ3) is 4.36. The van der Waals surface area contributed by atoms with Gasteiger partial charge in [0.25, 0.3) is 0 Å². The van der Waals surface area contributed by atoms with E-state index in [1.54, 1.807) is 22.7 Å². The van der Waals surface area contributed by atoms with Crippen LogP contribution < -0.4 is 10.9 Å². The summed E-state index contributed by atoms with van der Waals surface area (Å²) in [6.45, 7) is 8.75. The number of benzene rings is 4. The topological polar surface area (TPSA) is 34.1 Å². The molecule has 180 valence electrons. The van der Waals surface area contributed by atoms with Gasteiger partial charge in [-0.1, -0.05) is 70.2 Å². The summed E-state index contributed by atoms with van der Waals surface area (Å²) in [7, 11) is 0. The molecule has 4 aromatic carbocycles. The highest BCUT2D eigenvalue weighted by Gasteiger charge is 2.17. The van der Waals surface area contributed by atoms with Crippen LogP contribution >= 0.6 is 22.7 Å². The molecule has 0 fully saturated rings. The zero-order valence-corrected chi connectivity index (χ0v) is 22.5. The van der Waals surface area contributed by atoms with Crippen LogP contribution in [0.4, 0.5) is 0 Å². The lowest BCUT2D eigenvalue weighted by Crippen LogP contribution is -2.08. The highest BCUT2D eigenvalue weighted by atomic mass is 32.1. The van der Waals surface area contributed by atoms with Crippen molar-refractivity contribution >= 4 is 63.0 Å². The Labute approximate surface area is 218 Å². The van der Waals surface area contributed by atoms with Crippen molar-refractivity contribution in [1.82, 2.24) is 0 Å². The largest absolute Gasteiger partial charge is 0.289 e. The molecule has 6 aromatic rings. The average Bonchev–Trinajstić information content (AvgIpc) is 2.88. The summed E-state index contributed by atoms with van der Waals surface area (Å²) in [5.41, 5.74) is 2.86. The van der Waals surface area contributed by atoms with E-state index in [2.05, 4.69) is 39.8 Å². The standard InChI is InChI=1S/C19H20OS.C13H8OS/c1-11(2)13-9-10-16-18(17(13)12(3)4)19(20)14-7-5-6-8-15(14)21-16;14-13-9-5-1-3-7-11(9)15-12-8-4-2-6-10(12)13/h5-12H,1-4H3;1-8H. The second-order valence-electron chi connectivity index (χ2n) is 9.60. The van der Waals surface area contributed by atoms with Gasteiger partial charge in [-0.2, -0.15) is 0 Å². The van der Waals surface area contributed by atoms with Gasteiger partial charge in [-0.25, -0.2) is 0 Å². The maximum Gasteiger partial charge on any atom is 0.196 e. The first-order valence-corrected chi connectivity index (χ1v) is 13.9. The molecule has 0 saturated heterocycles. The molecular weight excluding hydrogens is 480 g/mol. The van der Waals surface area contributed by atoms with E-state index in [0.29, 0.717) is 11.8 Å². The molecule has 2 nitrogen and oxygen atoms in total. The molecule has 36 heavy (non-hydrogen) atoms. The number of fused-ring (bicyclic) bond motifs is 4. The summed E-state index contributed by atoms with van der Waals surface area (Å²) < 4.78 is 4.29. The Kier molecular flexibility index (Phi) is 6.74. The molecule has 0 spiro atoms. The Morgan fingerprint density at radius 1 is 0.500 bits per heavy atom. The third-order valence-electron chi connectivity index (χ3n) is 6.50. The first-order chi connectivity index (χ1) is 17.4. The lowest BCUT2D eigenvalue weighted by molar-refractivity contribution is 0.798. The van der Waals surface area contributed by atoms with Crippen LogP contribution in [0.25, 0.3) is 40.3 Å². The van der Waals surface area contributed by atoms with Gasteiger partial charge in [-0.05, 0) is 65.4 Å². The Morgan fingerprint density at radius 2 is 0.944 bits per heavy atom. The van der Waals surface area contributed by atoms with Gasteiger partial charge in [-0.15, -0.1) is 22.7 Å². The lowest BCUT2D eigenvalue weighted by atomic mass is 9.88. The van der Waals surface area contributed by atoms with Crippen LogP contribution in [0.15, 0.2) is 94.5 Å². The number of rotatable bonds is 2. The maximum atomic E-state index is 13.0. The van der Waals surface area contributed by atoms with E-state index in [0.717, 1.165) is 40.3 Å². The first kappa shape index (κ1) is 24.4. The van der Waals surface area contributed by atoms with Crippen LogP contribution in [-0.2, 0) is 0 Å². The van der Waals surface area contributed by atoms with Crippen LogP contribution in [0.3, 0.4) is 0 Å². The summed E-state index contributed by atoms with van der Waals surface area (Å²) in [5.74, 6) is 0.787. The maximum absolute atomic E-state index is 13.0. The van der Waals surface area contributed by atoms with Gasteiger partial charge in [-0.3, -0.25) is 9.59 Å². The monoisotopic (exact) mass is 508 g/mol. The second kappa shape index (κ2) is 9.96. The minimum Gasteiger partial charge on any atom is -0.289 e. The van der Waals surface area contributed by atoms with Crippen LogP contribution in [-0.4, -0.2) is 0 Å². The molecule has 0 saturated carbocycles. The molecule has 0 aliphatic rings. The Bertz CT molecular complexity index is 1780. The van der Waals surface area contributed by atoms with Crippen molar-refractivity contribution in [2.24, 2.45) is 0 Å². The molecule has 2 heterocycles. The summed E-state index contributed by atoms with van der Waals surface area (Å²) >= 11 is 3.38. The van der Waals surface area contributed by atoms with E-state index in [-0.39, 0.29) is 10.9 Å². The summed E-state index contributed by atoms with van der Waals surface area (Å²) in [6.07, 6.45) is 0. The second-order valence-corrected chi connectivity index (χ2v) is 11.8. The van der Waals surface area contributed by atoms with Crippen molar-refractivity contribution in [2.75, 3.05) is 0 Å². The van der Waals surface area contributed by atoms with Gasteiger partial charge in [0.2, 0.25) is 0 Å². The van der Waals surface area contributed by atoms with E-state index >= 15 is 0 Å². The van der Waals surface area contributed by atoms with Crippen LogP contribution in [0, 0.1) is 0 Å². The average molecular weight is 509 g/mol. The fraction of sp³-hybridized carbons (Fsp3) is 0.188. The molecular formula is C32H28O2S2. The molecule has 2 aromatic heterocycles. The Morgan fingerprint density at radius 3 is 1.42 bits per heavy atom. The SMILES string of the molecule is CC(C)c1ccc2sc3ccccc3c(=O)c2c1C(C)C.O=c1c2ccccc2sc2ccccc12. The predicted octanol–water partition coefficient (Wildman–Crippen LogP) is 9.08. The van der Waals surface area contributed by atoms with Gasteiger partial charge >= 0.3 is 0 Å². The van der Waals surface area contributed by atoms with Gasteiger partial charge < -0.3 is 0 Å².